The normalized spacial score (nSPS) is 19.7. The van der Waals surface area contributed by atoms with Crippen LogP contribution in [0.3, 0.4) is 0 Å². The van der Waals surface area contributed by atoms with Crippen molar-refractivity contribution in [2.75, 3.05) is 5.75 Å². The molecule has 0 saturated heterocycles. The molecule has 2 aliphatic carbocycles. The number of hydrogen-bond donors (Lipinski definition) is 2. The lowest BCUT2D eigenvalue weighted by Crippen LogP contribution is -2.45. The average molecular weight is 433 g/mol. The minimum Gasteiger partial charge on any atom is -0.273 e. The lowest BCUT2D eigenvalue weighted by molar-refractivity contribution is -0.131. The van der Waals surface area contributed by atoms with Crippen molar-refractivity contribution in [2.24, 2.45) is 11.8 Å². The molecular formula is C21H28N4O2S2. The zero-order chi connectivity index (χ0) is 20.4. The van der Waals surface area contributed by atoms with Crippen molar-refractivity contribution in [3.63, 3.8) is 0 Å². The summed E-state index contributed by atoms with van der Waals surface area (Å²) in [6.07, 6.45) is 8.55. The number of carbonyl (C=O) groups is 2. The SMILES string of the molecule is Cc1nc(SCC(=O)NNC(=O)C2CCCCC2)c2c3c(sc2n1)CC(C)CC3. The Hall–Kier alpha value is -1.67. The molecule has 8 heteroatoms. The van der Waals surface area contributed by atoms with Crippen molar-refractivity contribution >= 4 is 45.1 Å². The van der Waals surface area contributed by atoms with Crippen LogP contribution in [0.4, 0.5) is 0 Å². The number of thiophene rings is 1. The average Bonchev–Trinajstić information content (AvgIpc) is 3.07. The number of thioether (sulfide) groups is 1. The number of rotatable bonds is 4. The molecular weight excluding hydrogens is 404 g/mol. The summed E-state index contributed by atoms with van der Waals surface area (Å²) >= 11 is 3.20. The molecule has 0 aromatic carbocycles. The van der Waals surface area contributed by atoms with Crippen molar-refractivity contribution in [2.45, 2.75) is 70.2 Å². The molecule has 156 valence electrons. The first-order valence-electron chi connectivity index (χ1n) is 10.5. The van der Waals surface area contributed by atoms with Crippen molar-refractivity contribution in [3.05, 3.63) is 16.3 Å². The quantitative estimate of drug-likeness (QED) is 0.434. The van der Waals surface area contributed by atoms with Gasteiger partial charge in [0, 0.05) is 16.2 Å². The highest BCUT2D eigenvalue weighted by Gasteiger charge is 2.24. The summed E-state index contributed by atoms with van der Waals surface area (Å²) in [5, 5.41) is 2.01. The van der Waals surface area contributed by atoms with Gasteiger partial charge >= 0.3 is 0 Å². The van der Waals surface area contributed by atoms with Crippen molar-refractivity contribution in [1.29, 1.82) is 0 Å². The molecule has 2 heterocycles. The molecule has 1 unspecified atom stereocenters. The monoisotopic (exact) mass is 432 g/mol. The van der Waals surface area contributed by atoms with Gasteiger partial charge in [-0.3, -0.25) is 20.4 Å². The maximum Gasteiger partial charge on any atom is 0.248 e. The van der Waals surface area contributed by atoms with E-state index in [0.29, 0.717) is 5.92 Å². The van der Waals surface area contributed by atoms with Gasteiger partial charge in [-0.2, -0.15) is 0 Å². The molecule has 0 spiro atoms. The van der Waals surface area contributed by atoms with E-state index < -0.39 is 0 Å². The van der Waals surface area contributed by atoms with Gasteiger partial charge in [0.15, 0.2) is 0 Å². The molecule has 1 fully saturated rings. The lowest BCUT2D eigenvalue weighted by atomic mass is 9.89. The predicted molar refractivity (Wildman–Crippen MR) is 117 cm³/mol. The molecule has 6 nitrogen and oxygen atoms in total. The molecule has 2 N–H and O–H groups in total. The molecule has 0 aliphatic heterocycles. The van der Waals surface area contributed by atoms with Crippen LogP contribution in [0.25, 0.3) is 10.2 Å². The molecule has 0 bridgehead atoms. The Morgan fingerprint density at radius 1 is 1.14 bits per heavy atom. The van der Waals surface area contributed by atoms with Gasteiger partial charge in [-0.05, 0) is 50.5 Å². The van der Waals surface area contributed by atoms with Crippen LogP contribution in [0, 0.1) is 18.8 Å². The van der Waals surface area contributed by atoms with Crippen molar-refractivity contribution in [1.82, 2.24) is 20.8 Å². The summed E-state index contributed by atoms with van der Waals surface area (Å²) in [6.45, 7) is 4.20. The largest absolute Gasteiger partial charge is 0.273 e. The molecule has 2 amide bonds. The second-order valence-electron chi connectivity index (χ2n) is 8.27. The minimum atomic E-state index is -0.207. The molecule has 2 aromatic rings. The highest BCUT2D eigenvalue weighted by atomic mass is 32.2. The van der Waals surface area contributed by atoms with Crippen LogP contribution in [0.15, 0.2) is 5.03 Å². The van der Waals surface area contributed by atoms with E-state index in [2.05, 4.69) is 27.7 Å². The number of fused-ring (bicyclic) bond motifs is 3. The van der Waals surface area contributed by atoms with E-state index in [1.165, 1.54) is 35.0 Å². The highest BCUT2D eigenvalue weighted by molar-refractivity contribution is 8.00. The number of hydrogen-bond acceptors (Lipinski definition) is 6. The summed E-state index contributed by atoms with van der Waals surface area (Å²) in [4.78, 5) is 36.2. The van der Waals surface area contributed by atoms with Gasteiger partial charge in [0.05, 0.1) is 5.75 Å². The Bertz CT molecular complexity index is 921. The maximum absolute atomic E-state index is 12.3. The van der Waals surface area contributed by atoms with Crippen LogP contribution in [0.2, 0.25) is 0 Å². The molecule has 2 aliphatic rings. The molecule has 2 aromatic heterocycles. The summed E-state index contributed by atoms with van der Waals surface area (Å²) in [7, 11) is 0. The van der Waals surface area contributed by atoms with E-state index in [-0.39, 0.29) is 23.5 Å². The van der Waals surface area contributed by atoms with Crippen LogP contribution < -0.4 is 10.9 Å². The Labute approximate surface area is 179 Å². The topological polar surface area (TPSA) is 84.0 Å². The lowest BCUT2D eigenvalue weighted by Gasteiger charge is -2.20. The first kappa shape index (κ1) is 20.6. The van der Waals surface area contributed by atoms with E-state index in [1.807, 2.05) is 6.92 Å². The number of nitrogens with zero attached hydrogens (tertiary/aromatic N) is 2. The van der Waals surface area contributed by atoms with Gasteiger partial charge < -0.3 is 0 Å². The summed E-state index contributed by atoms with van der Waals surface area (Å²) < 4.78 is 0. The van der Waals surface area contributed by atoms with Crippen LogP contribution >= 0.6 is 23.1 Å². The molecule has 0 radical (unpaired) electrons. The summed E-state index contributed by atoms with van der Waals surface area (Å²) in [5.41, 5.74) is 6.55. The predicted octanol–water partition coefficient (Wildman–Crippen LogP) is 3.94. The number of nitrogens with one attached hydrogen (secondary N) is 2. The van der Waals surface area contributed by atoms with Crippen LogP contribution in [0.5, 0.6) is 0 Å². The second kappa shape index (κ2) is 9.00. The zero-order valence-corrected chi connectivity index (χ0v) is 18.7. The van der Waals surface area contributed by atoms with Crippen LogP contribution in [-0.2, 0) is 22.4 Å². The van der Waals surface area contributed by atoms with Crippen molar-refractivity contribution < 1.29 is 9.59 Å². The fourth-order valence-corrected chi connectivity index (χ4v) is 6.68. The Morgan fingerprint density at radius 3 is 2.72 bits per heavy atom. The number of amides is 2. The van der Waals surface area contributed by atoms with Gasteiger partial charge in [-0.25, -0.2) is 9.97 Å². The number of carbonyl (C=O) groups excluding carboxylic acids is 2. The van der Waals surface area contributed by atoms with E-state index >= 15 is 0 Å². The standard InChI is InChI=1S/C21H28N4O2S2/c1-12-8-9-15-16(10-12)29-21-18(15)20(22-13(2)23-21)28-11-17(26)24-25-19(27)14-6-4-3-5-7-14/h12,14H,3-11H2,1-2H3,(H,24,26)(H,25,27). The Balaban J connectivity index is 1.40. The molecule has 4 rings (SSSR count). The fraction of sp³-hybridized carbons (Fsp3) is 0.619. The highest BCUT2D eigenvalue weighted by Crippen LogP contribution is 2.40. The molecule has 1 saturated carbocycles. The third kappa shape index (κ3) is 4.74. The molecule has 29 heavy (non-hydrogen) atoms. The number of aromatic nitrogens is 2. The number of hydrazine groups is 1. The Kier molecular flexibility index (Phi) is 6.39. The van der Waals surface area contributed by atoms with Gasteiger partial charge in [-0.15, -0.1) is 11.3 Å². The summed E-state index contributed by atoms with van der Waals surface area (Å²) in [6, 6.07) is 0. The summed E-state index contributed by atoms with van der Waals surface area (Å²) in [5.74, 6) is 1.42. The first-order valence-corrected chi connectivity index (χ1v) is 12.3. The van der Waals surface area contributed by atoms with E-state index in [4.69, 9.17) is 0 Å². The molecule has 1 atom stereocenters. The van der Waals surface area contributed by atoms with E-state index in [1.54, 1.807) is 11.3 Å². The van der Waals surface area contributed by atoms with Crippen LogP contribution in [0.1, 0.15) is 61.7 Å². The minimum absolute atomic E-state index is 0.0283. The first-order chi connectivity index (χ1) is 14.0. The van der Waals surface area contributed by atoms with E-state index in [9.17, 15) is 9.59 Å². The van der Waals surface area contributed by atoms with Crippen molar-refractivity contribution in [3.8, 4) is 0 Å². The Morgan fingerprint density at radius 2 is 1.93 bits per heavy atom. The van der Waals surface area contributed by atoms with Gasteiger partial charge in [0.2, 0.25) is 11.8 Å². The third-order valence-corrected chi connectivity index (χ3v) is 8.00. The fourth-order valence-electron chi connectivity index (χ4n) is 4.28. The second-order valence-corrected chi connectivity index (χ2v) is 10.3. The van der Waals surface area contributed by atoms with Gasteiger partial charge in [0.25, 0.3) is 0 Å². The zero-order valence-electron chi connectivity index (χ0n) is 17.0. The number of aryl methyl sites for hydroxylation is 2. The third-order valence-electron chi connectivity index (χ3n) is 5.87. The van der Waals surface area contributed by atoms with Crippen LogP contribution in [-0.4, -0.2) is 27.5 Å². The maximum atomic E-state index is 12.3. The van der Waals surface area contributed by atoms with E-state index in [0.717, 1.165) is 59.6 Å². The smallest absolute Gasteiger partial charge is 0.248 e. The van der Waals surface area contributed by atoms with Gasteiger partial charge in [0.1, 0.15) is 15.7 Å². The van der Waals surface area contributed by atoms with Gasteiger partial charge in [-0.1, -0.05) is 37.9 Å².